The number of nitrogens with one attached hydrogen (secondary N) is 1. The van der Waals surface area contributed by atoms with Crippen LogP contribution in [0.15, 0.2) is 52.2 Å². The zero-order valence-corrected chi connectivity index (χ0v) is 19.8. The van der Waals surface area contributed by atoms with Crippen LogP contribution >= 0.6 is 11.3 Å². The number of sulfonamides is 1. The Bertz CT molecular complexity index is 1290. The molecule has 1 aliphatic heterocycles. The molecule has 0 saturated carbocycles. The summed E-state index contributed by atoms with van der Waals surface area (Å²) in [6.07, 6.45) is 1.89. The van der Waals surface area contributed by atoms with Crippen molar-refractivity contribution >= 4 is 43.2 Å². The van der Waals surface area contributed by atoms with E-state index in [0.717, 1.165) is 29.0 Å². The third kappa shape index (κ3) is 4.37. The molecule has 170 valence electrons. The molecule has 1 aliphatic rings. The molecule has 0 aliphatic carbocycles. The van der Waals surface area contributed by atoms with Gasteiger partial charge in [-0.1, -0.05) is 30.4 Å². The van der Waals surface area contributed by atoms with Crippen molar-refractivity contribution in [3.63, 3.8) is 0 Å². The molecule has 1 aromatic heterocycles. The van der Waals surface area contributed by atoms with Crippen LogP contribution in [0.2, 0.25) is 0 Å². The zero-order chi connectivity index (χ0) is 22.9. The van der Waals surface area contributed by atoms with Crippen molar-refractivity contribution in [3.05, 3.63) is 57.7 Å². The first-order valence-electron chi connectivity index (χ1n) is 10.9. The van der Waals surface area contributed by atoms with Crippen LogP contribution in [0.25, 0.3) is 10.2 Å². The normalized spacial score (nSPS) is 15.8. The first-order valence-corrected chi connectivity index (χ1v) is 13.1. The molecule has 1 amide bonds. The molecule has 1 N–H and O–H groups in total. The SMILES string of the molecule is CCc1ccc(NC(=O)C2CCN(S(=O)(=O)c3ccc4c(c3)sc(=O)n4CC)CC2)cc1. The van der Waals surface area contributed by atoms with Gasteiger partial charge in [-0.15, -0.1) is 0 Å². The predicted molar refractivity (Wildman–Crippen MR) is 128 cm³/mol. The predicted octanol–water partition coefficient (Wildman–Crippen LogP) is 3.68. The molecule has 1 fully saturated rings. The number of hydrogen-bond acceptors (Lipinski definition) is 5. The molecular weight excluding hydrogens is 446 g/mol. The molecule has 2 aromatic carbocycles. The van der Waals surface area contributed by atoms with E-state index < -0.39 is 10.0 Å². The number of piperidine rings is 1. The third-order valence-electron chi connectivity index (χ3n) is 6.05. The average molecular weight is 474 g/mol. The summed E-state index contributed by atoms with van der Waals surface area (Å²) in [4.78, 5) is 24.8. The van der Waals surface area contributed by atoms with E-state index in [-0.39, 0.29) is 21.6 Å². The number of aromatic nitrogens is 1. The van der Waals surface area contributed by atoms with Crippen molar-refractivity contribution in [2.75, 3.05) is 18.4 Å². The average Bonchev–Trinajstić information content (AvgIpc) is 3.13. The summed E-state index contributed by atoms with van der Waals surface area (Å²) in [5, 5.41) is 2.94. The number of thiazole rings is 1. The van der Waals surface area contributed by atoms with Crippen molar-refractivity contribution < 1.29 is 13.2 Å². The smallest absolute Gasteiger partial charge is 0.308 e. The second kappa shape index (κ2) is 9.17. The lowest BCUT2D eigenvalue weighted by atomic mass is 9.97. The Morgan fingerprint density at radius 3 is 2.41 bits per heavy atom. The molecule has 0 radical (unpaired) electrons. The van der Waals surface area contributed by atoms with Gasteiger partial charge in [0, 0.05) is 31.2 Å². The Morgan fingerprint density at radius 2 is 1.78 bits per heavy atom. The van der Waals surface area contributed by atoms with Gasteiger partial charge in [0.15, 0.2) is 0 Å². The molecule has 4 rings (SSSR count). The van der Waals surface area contributed by atoms with Crippen molar-refractivity contribution in [2.24, 2.45) is 5.92 Å². The molecule has 9 heteroatoms. The Hall–Kier alpha value is -2.49. The number of fused-ring (bicyclic) bond motifs is 1. The van der Waals surface area contributed by atoms with Crippen LogP contribution < -0.4 is 10.2 Å². The second-order valence-corrected chi connectivity index (χ2v) is 10.9. The van der Waals surface area contributed by atoms with Crippen molar-refractivity contribution in [2.45, 2.75) is 44.6 Å². The van der Waals surface area contributed by atoms with Gasteiger partial charge in [-0.2, -0.15) is 4.31 Å². The van der Waals surface area contributed by atoms with E-state index >= 15 is 0 Å². The lowest BCUT2D eigenvalue weighted by Crippen LogP contribution is -2.41. The van der Waals surface area contributed by atoms with Gasteiger partial charge in [0.25, 0.3) is 0 Å². The lowest BCUT2D eigenvalue weighted by molar-refractivity contribution is -0.120. The summed E-state index contributed by atoms with van der Waals surface area (Å²) >= 11 is 1.06. The highest BCUT2D eigenvalue weighted by Crippen LogP contribution is 2.28. The number of aryl methyl sites for hydroxylation is 2. The third-order valence-corrected chi connectivity index (χ3v) is 8.88. The van der Waals surface area contributed by atoms with E-state index in [2.05, 4.69) is 12.2 Å². The standard InChI is InChI=1S/C23H27N3O4S2/c1-3-16-5-7-18(8-6-16)24-22(27)17-11-13-25(14-12-17)32(29,30)19-9-10-20-21(15-19)31-23(28)26(20)4-2/h5-10,15,17H,3-4,11-14H2,1-2H3,(H,24,27). The Labute approximate surface area is 191 Å². The topological polar surface area (TPSA) is 88.5 Å². The summed E-state index contributed by atoms with van der Waals surface area (Å²) in [7, 11) is -3.68. The summed E-state index contributed by atoms with van der Waals surface area (Å²) in [5.41, 5.74) is 2.72. The summed E-state index contributed by atoms with van der Waals surface area (Å²) in [6.45, 7) is 5.09. The maximum atomic E-state index is 13.2. The van der Waals surface area contributed by atoms with Crippen molar-refractivity contribution in [3.8, 4) is 0 Å². The number of hydrogen-bond donors (Lipinski definition) is 1. The monoisotopic (exact) mass is 473 g/mol. The second-order valence-electron chi connectivity index (χ2n) is 7.96. The summed E-state index contributed by atoms with van der Waals surface area (Å²) in [5.74, 6) is -0.294. The fourth-order valence-corrected chi connectivity index (χ4v) is 6.65. The molecule has 0 unspecified atom stereocenters. The molecule has 3 aromatic rings. The van der Waals surface area contributed by atoms with Gasteiger partial charge in [-0.3, -0.25) is 14.2 Å². The van der Waals surface area contributed by atoms with Crippen LogP contribution in [-0.2, 0) is 27.8 Å². The maximum absolute atomic E-state index is 13.2. The molecule has 0 bridgehead atoms. The van der Waals surface area contributed by atoms with E-state index in [1.165, 1.54) is 9.87 Å². The number of anilines is 1. The molecule has 0 spiro atoms. The Balaban J connectivity index is 1.43. The number of amides is 1. The van der Waals surface area contributed by atoms with Crippen molar-refractivity contribution in [1.29, 1.82) is 0 Å². The maximum Gasteiger partial charge on any atom is 0.308 e. The number of benzene rings is 2. The van der Waals surface area contributed by atoms with Gasteiger partial charge in [-0.05, 0) is 62.1 Å². The summed E-state index contributed by atoms with van der Waals surface area (Å²) < 4.78 is 30.1. The molecule has 1 saturated heterocycles. The number of nitrogens with zero attached hydrogens (tertiary/aromatic N) is 2. The summed E-state index contributed by atoms with van der Waals surface area (Å²) in [6, 6.07) is 12.6. The Morgan fingerprint density at radius 1 is 1.09 bits per heavy atom. The quantitative estimate of drug-likeness (QED) is 0.591. The molecule has 32 heavy (non-hydrogen) atoms. The Kier molecular flexibility index (Phi) is 6.50. The van der Waals surface area contributed by atoms with Gasteiger partial charge in [0.05, 0.1) is 15.1 Å². The van der Waals surface area contributed by atoms with Crippen LogP contribution in [0.4, 0.5) is 5.69 Å². The lowest BCUT2D eigenvalue weighted by Gasteiger charge is -2.30. The van der Waals surface area contributed by atoms with E-state index in [9.17, 15) is 18.0 Å². The van der Waals surface area contributed by atoms with E-state index in [0.29, 0.717) is 37.2 Å². The number of carbonyl (C=O) groups is 1. The minimum atomic E-state index is -3.68. The van der Waals surface area contributed by atoms with Crippen LogP contribution in [-0.4, -0.2) is 36.3 Å². The number of carbonyl (C=O) groups excluding carboxylic acids is 1. The zero-order valence-electron chi connectivity index (χ0n) is 18.2. The minimum absolute atomic E-state index is 0.0709. The van der Waals surface area contributed by atoms with Gasteiger partial charge >= 0.3 is 4.87 Å². The molecule has 7 nitrogen and oxygen atoms in total. The molecule has 0 atom stereocenters. The molecular formula is C23H27N3O4S2. The fraction of sp³-hybridized carbons (Fsp3) is 0.391. The van der Waals surface area contributed by atoms with E-state index in [1.807, 2.05) is 31.2 Å². The van der Waals surface area contributed by atoms with Gasteiger partial charge < -0.3 is 5.32 Å². The first kappa shape index (κ1) is 22.7. The van der Waals surface area contributed by atoms with Crippen LogP contribution in [0.3, 0.4) is 0 Å². The van der Waals surface area contributed by atoms with Gasteiger partial charge in [0.1, 0.15) is 0 Å². The van der Waals surface area contributed by atoms with Crippen molar-refractivity contribution in [1.82, 2.24) is 8.87 Å². The van der Waals surface area contributed by atoms with Gasteiger partial charge in [0.2, 0.25) is 15.9 Å². The van der Waals surface area contributed by atoms with Crippen LogP contribution in [0, 0.1) is 5.92 Å². The molecule has 2 heterocycles. The highest BCUT2D eigenvalue weighted by Gasteiger charge is 2.32. The highest BCUT2D eigenvalue weighted by molar-refractivity contribution is 7.89. The van der Waals surface area contributed by atoms with E-state index in [4.69, 9.17) is 0 Å². The number of rotatable bonds is 6. The highest BCUT2D eigenvalue weighted by atomic mass is 32.2. The van der Waals surface area contributed by atoms with Crippen LogP contribution in [0.5, 0.6) is 0 Å². The van der Waals surface area contributed by atoms with E-state index in [1.54, 1.807) is 22.8 Å². The fourth-order valence-electron chi connectivity index (χ4n) is 4.08. The largest absolute Gasteiger partial charge is 0.326 e. The van der Waals surface area contributed by atoms with Gasteiger partial charge in [-0.25, -0.2) is 8.42 Å². The first-order chi connectivity index (χ1) is 15.3. The minimum Gasteiger partial charge on any atom is -0.326 e. The van der Waals surface area contributed by atoms with Crippen LogP contribution in [0.1, 0.15) is 32.3 Å².